The first kappa shape index (κ1) is 21.8. The van der Waals surface area contributed by atoms with Gasteiger partial charge >= 0.3 is 0 Å². The van der Waals surface area contributed by atoms with E-state index in [0.29, 0.717) is 17.9 Å². The monoisotopic (exact) mass is 465 g/mol. The van der Waals surface area contributed by atoms with Crippen LogP contribution in [-0.4, -0.2) is 16.0 Å². The number of carbonyl (C=O) groups excluding carboxylic acids is 1. The highest BCUT2D eigenvalue weighted by Crippen LogP contribution is 2.21. The Labute approximate surface area is 202 Å². The summed E-state index contributed by atoms with van der Waals surface area (Å²) in [6.07, 6.45) is 1.57. The number of fused-ring (bicyclic) bond motifs is 2. The lowest BCUT2D eigenvalue weighted by Crippen LogP contribution is -2.34. The molecule has 168 valence electrons. The van der Waals surface area contributed by atoms with Crippen molar-refractivity contribution >= 4 is 50.8 Å². The van der Waals surface area contributed by atoms with Gasteiger partial charge in [-0.25, -0.2) is 4.98 Å². The molecule has 5 rings (SSSR count). The van der Waals surface area contributed by atoms with E-state index in [0.717, 1.165) is 39.5 Å². The maximum Gasteiger partial charge on any atom is 0.258 e. The average Bonchev–Trinajstić information content (AvgIpc) is 3.26. The normalized spacial score (nSPS) is 11.0. The Hall–Kier alpha value is -4.03. The number of aryl methyl sites for hydroxylation is 1. The summed E-state index contributed by atoms with van der Waals surface area (Å²) in [5.41, 5.74) is 5.38. The molecule has 0 bridgehead atoms. The van der Waals surface area contributed by atoms with Gasteiger partial charge < -0.3 is 9.73 Å². The number of amides is 1. The molecule has 0 fully saturated rings. The highest BCUT2D eigenvalue weighted by atomic mass is 32.1. The van der Waals surface area contributed by atoms with Gasteiger partial charge in [-0.05, 0) is 70.9 Å². The molecule has 0 atom stereocenters. The van der Waals surface area contributed by atoms with Crippen LogP contribution in [-0.2, 0) is 12.8 Å². The van der Waals surface area contributed by atoms with Gasteiger partial charge in [0.25, 0.3) is 5.91 Å². The number of nitrogens with one attached hydrogen (secondary N) is 2. The summed E-state index contributed by atoms with van der Waals surface area (Å²) in [6, 6.07) is 27.4. The van der Waals surface area contributed by atoms with Crippen LogP contribution in [0, 0.1) is 0 Å². The van der Waals surface area contributed by atoms with Crippen molar-refractivity contribution in [2.75, 3.05) is 5.32 Å². The first-order valence-electron chi connectivity index (χ1n) is 11.2. The summed E-state index contributed by atoms with van der Waals surface area (Å²) in [5.74, 6) is 0.440. The van der Waals surface area contributed by atoms with Crippen LogP contribution in [0.15, 0.2) is 89.3 Å². The van der Waals surface area contributed by atoms with Crippen LogP contribution in [0.25, 0.3) is 21.9 Å². The van der Waals surface area contributed by atoms with E-state index < -0.39 is 0 Å². The Balaban J connectivity index is 1.22. The van der Waals surface area contributed by atoms with Crippen molar-refractivity contribution in [3.05, 3.63) is 108 Å². The first-order valence-corrected chi connectivity index (χ1v) is 11.6. The van der Waals surface area contributed by atoms with E-state index in [2.05, 4.69) is 34.7 Å². The molecule has 5 aromatic rings. The summed E-state index contributed by atoms with van der Waals surface area (Å²) in [4.78, 5) is 17.4. The molecular weight excluding hydrogens is 442 g/mol. The smallest absolute Gasteiger partial charge is 0.258 e. The lowest BCUT2D eigenvalue weighted by Gasteiger charge is -2.11. The molecule has 4 aromatic carbocycles. The van der Waals surface area contributed by atoms with E-state index in [4.69, 9.17) is 16.6 Å². The van der Waals surface area contributed by atoms with Crippen LogP contribution in [0.2, 0.25) is 0 Å². The Bertz CT molecular complexity index is 1500. The molecule has 0 aliphatic heterocycles. The van der Waals surface area contributed by atoms with Crippen molar-refractivity contribution in [3.63, 3.8) is 0 Å². The standard InChI is InChI=1S/C28H23N3O2S/c1-2-18-12-15-25-24(16-18)30-26(33-25)17-19-10-13-21(14-11-19)29-28(34)31-27(32)23-9-5-7-20-6-3-4-8-22(20)23/h3-16H,2,17H2,1H3,(H2,29,31,32,34). The van der Waals surface area contributed by atoms with Gasteiger partial charge in [0.05, 0.1) is 0 Å². The van der Waals surface area contributed by atoms with Gasteiger partial charge in [0.15, 0.2) is 16.6 Å². The van der Waals surface area contributed by atoms with Gasteiger partial charge in [0, 0.05) is 17.7 Å². The molecule has 1 aromatic heterocycles. The number of anilines is 1. The minimum atomic E-state index is -0.242. The minimum Gasteiger partial charge on any atom is -0.440 e. The van der Waals surface area contributed by atoms with E-state index in [9.17, 15) is 4.79 Å². The number of hydrogen-bond acceptors (Lipinski definition) is 4. The fraction of sp³-hybridized carbons (Fsp3) is 0.107. The SMILES string of the molecule is CCc1ccc2oc(Cc3ccc(NC(=S)NC(=O)c4cccc5ccccc45)cc3)nc2c1. The molecule has 5 nitrogen and oxygen atoms in total. The number of carbonyl (C=O) groups is 1. The predicted molar refractivity (Wildman–Crippen MR) is 140 cm³/mol. The Morgan fingerprint density at radius 1 is 0.941 bits per heavy atom. The number of thiocarbonyl (C=S) groups is 1. The third-order valence-electron chi connectivity index (χ3n) is 5.73. The third-order valence-corrected chi connectivity index (χ3v) is 5.94. The fourth-order valence-electron chi connectivity index (χ4n) is 3.95. The average molecular weight is 466 g/mol. The summed E-state index contributed by atoms with van der Waals surface area (Å²) in [7, 11) is 0. The minimum absolute atomic E-state index is 0.242. The van der Waals surface area contributed by atoms with Crippen molar-refractivity contribution in [1.29, 1.82) is 0 Å². The molecule has 0 spiro atoms. The lowest BCUT2D eigenvalue weighted by atomic mass is 10.0. The Kier molecular flexibility index (Phi) is 6.06. The van der Waals surface area contributed by atoms with E-state index in [1.165, 1.54) is 5.56 Å². The van der Waals surface area contributed by atoms with Crippen molar-refractivity contribution in [3.8, 4) is 0 Å². The molecule has 0 saturated carbocycles. The van der Waals surface area contributed by atoms with Crippen molar-refractivity contribution < 1.29 is 9.21 Å². The number of aromatic nitrogens is 1. The first-order chi connectivity index (χ1) is 16.6. The predicted octanol–water partition coefficient (Wildman–Crippen LogP) is 6.26. The molecule has 6 heteroatoms. The number of benzene rings is 4. The second-order valence-corrected chi connectivity index (χ2v) is 8.48. The van der Waals surface area contributed by atoms with Gasteiger partial charge in [-0.3, -0.25) is 10.1 Å². The summed E-state index contributed by atoms with van der Waals surface area (Å²) in [5, 5.41) is 7.99. The van der Waals surface area contributed by atoms with Gasteiger partial charge in [-0.2, -0.15) is 0 Å². The maximum atomic E-state index is 12.8. The zero-order chi connectivity index (χ0) is 23.5. The van der Waals surface area contributed by atoms with Crippen LogP contribution >= 0.6 is 12.2 Å². The van der Waals surface area contributed by atoms with Crippen LogP contribution in [0.3, 0.4) is 0 Å². The summed E-state index contributed by atoms with van der Waals surface area (Å²) < 4.78 is 5.89. The summed E-state index contributed by atoms with van der Waals surface area (Å²) in [6.45, 7) is 2.12. The van der Waals surface area contributed by atoms with Crippen LogP contribution in [0.4, 0.5) is 5.69 Å². The molecular formula is C28H23N3O2S. The zero-order valence-electron chi connectivity index (χ0n) is 18.7. The zero-order valence-corrected chi connectivity index (χ0v) is 19.5. The molecule has 1 amide bonds. The largest absolute Gasteiger partial charge is 0.440 e. The van der Waals surface area contributed by atoms with Gasteiger partial charge in [-0.1, -0.05) is 61.5 Å². The fourth-order valence-corrected chi connectivity index (χ4v) is 4.16. The quantitative estimate of drug-likeness (QED) is 0.300. The Morgan fingerprint density at radius 3 is 2.53 bits per heavy atom. The molecule has 1 heterocycles. The number of nitrogens with zero attached hydrogens (tertiary/aromatic N) is 1. The van der Waals surface area contributed by atoms with Crippen LogP contribution < -0.4 is 10.6 Å². The number of hydrogen-bond donors (Lipinski definition) is 2. The van der Waals surface area contributed by atoms with Crippen molar-refractivity contribution in [1.82, 2.24) is 10.3 Å². The number of oxazole rings is 1. The van der Waals surface area contributed by atoms with E-state index in [-0.39, 0.29) is 11.0 Å². The highest BCUT2D eigenvalue weighted by Gasteiger charge is 2.12. The maximum absolute atomic E-state index is 12.8. The van der Waals surface area contributed by atoms with Gasteiger partial charge in [-0.15, -0.1) is 0 Å². The molecule has 0 saturated heterocycles. The third kappa shape index (κ3) is 4.67. The molecule has 0 aliphatic rings. The van der Waals surface area contributed by atoms with E-state index in [1.807, 2.05) is 66.7 Å². The number of rotatable bonds is 5. The van der Waals surface area contributed by atoms with Gasteiger partial charge in [0.1, 0.15) is 5.52 Å². The second-order valence-electron chi connectivity index (χ2n) is 8.07. The van der Waals surface area contributed by atoms with Crippen LogP contribution in [0.1, 0.15) is 34.3 Å². The second kappa shape index (κ2) is 9.45. The van der Waals surface area contributed by atoms with Crippen molar-refractivity contribution in [2.24, 2.45) is 0 Å². The van der Waals surface area contributed by atoms with Gasteiger partial charge in [0.2, 0.25) is 0 Å². The van der Waals surface area contributed by atoms with Crippen molar-refractivity contribution in [2.45, 2.75) is 19.8 Å². The van der Waals surface area contributed by atoms with E-state index >= 15 is 0 Å². The molecule has 0 aliphatic carbocycles. The lowest BCUT2D eigenvalue weighted by molar-refractivity contribution is 0.0979. The van der Waals surface area contributed by atoms with E-state index in [1.54, 1.807) is 6.07 Å². The molecule has 0 unspecified atom stereocenters. The Morgan fingerprint density at radius 2 is 1.71 bits per heavy atom. The topological polar surface area (TPSA) is 67.2 Å². The van der Waals surface area contributed by atoms with Crippen LogP contribution in [0.5, 0.6) is 0 Å². The molecule has 0 radical (unpaired) electrons. The molecule has 34 heavy (non-hydrogen) atoms. The summed E-state index contributed by atoms with van der Waals surface area (Å²) >= 11 is 5.36. The molecule has 2 N–H and O–H groups in total. The highest BCUT2D eigenvalue weighted by molar-refractivity contribution is 7.80.